The van der Waals surface area contributed by atoms with Crippen LogP contribution in [-0.2, 0) is 12.7 Å². The van der Waals surface area contributed by atoms with E-state index in [1.165, 1.54) is 10.9 Å². The molecule has 0 aliphatic carbocycles. The molecule has 1 aliphatic rings. The molecule has 3 aromatic rings. The maximum absolute atomic E-state index is 12.6. The maximum Gasteiger partial charge on any atom is 0.433 e. The van der Waals surface area contributed by atoms with Crippen LogP contribution < -0.4 is 0 Å². The molecule has 0 aromatic carbocycles. The Kier molecular flexibility index (Phi) is 5.39. The summed E-state index contributed by atoms with van der Waals surface area (Å²) in [5.74, 6) is 0.924. The van der Waals surface area contributed by atoms with Crippen molar-refractivity contribution in [1.29, 1.82) is 0 Å². The Morgan fingerprint density at radius 1 is 1.18 bits per heavy atom. The Bertz CT molecular complexity index is 933. The van der Waals surface area contributed by atoms with Crippen molar-refractivity contribution in [1.82, 2.24) is 20.0 Å². The van der Waals surface area contributed by atoms with Gasteiger partial charge < -0.3 is 4.52 Å². The van der Waals surface area contributed by atoms with Gasteiger partial charge >= 0.3 is 6.18 Å². The van der Waals surface area contributed by atoms with E-state index in [1.54, 1.807) is 11.3 Å². The Balaban J connectivity index is 1.37. The van der Waals surface area contributed by atoms with Crippen molar-refractivity contribution in [3.63, 3.8) is 0 Å². The summed E-state index contributed by atoms with van der Waals surface area (Å²) in [7, 11) is 0. The van der Waals surface area contributed by atoms with Crippen molar-refractivity contribution >= 4 is 22.9 Å². The number of hydrogen-bond acceptors (Lipinski definition) is 6. The van der Waals surface area contributed by atoms with Crippen molar-refractivity contribution in [3.8, 4) is 11.4 Å². The van der Waals surface area contributed by atoms with Crippen LogP contribution in [0.2, 0.25) is 4.34 Å². The molecule has 0 spiro atoms. The summed E-state index contributed by atoms with van der Waals surface area (Å²) in [6, 6.07) is 6.17. The Hall–Kier alpha value is -1.97. The second-order valence-electron chi connectivity index (χ2n) is 6.64. The third-order valence-corrected chi connectivity index (χ3v) is 5.91. The predicted molar refractivity (Wildman–Crippen MR) is 99.1 cm³/mol. The van der Waals surface area contributed by atoms with Crippen molar-refractivity contribution in [2.75, 3.05) is 13.1 Å². The average molecular weight is 429 g/mol. The lowest BCUT2D eigenvalue weighted by Crippen LogP contribution is -2.32. The monoisotopic (exact) mass is 428 g/mol. The number of aromatic nitrogens is 3. The largest absolute Gasteiger partial charge is 0.433 e. The normalized spacial score (nSPS) is 16.6. The van der Waals surface area contributed by atoms with E-state index in [1.807, 2.05) is 12.1 Å². The van der Waals surface area contributed by atoms with Crippen LogP contribution in [0.4, 0.5) is 13.2 Å². The lowest BCUT2D eigenvalue weighted by atomic mass is 9.97. The molecule has 10 heteroatoms. The lowest BCUT2D eigenvalue weighted by molar-refractivity contribution is -0.141. The molecule has 0 amide bonds. The van der Waals surface area contributed by atoms with Gasteiger partial charge in [0.1, 0.15) is 5.69 Å². The zero-order chi connectivity index (χ0) is 19.7. The first kappa shape index (κ1) is 19.4. The van der Waals surface area contributed by atoms with Crippen LogP contribution in [0.5, 0.6) is 0 Å². The number of pyridine rings is 1. The Labute approximate surface area is 168 Å². The van der Waals surface area contributed by atoms with Gasteiger partial charge in [-0.15, -0.1) is 11.3 Å². The fraction of sp³-hybridized carbons (Fsp3) is 0.389. The molecule has 0 unspecified atom stereocenters. The zero-order valence-electron chi connectivity index (χ0n) is 14.6. The van der Waals surface area contributed by atoms with E-state index in [0.717, 1.165) is 49.1 Å². The number of halogens is 4. The minimum atomic E-state index is -4.47. The van der Waals surface area contributed by atoms with E-state index in [9.17, 15) is 13.2 Å². The van der Waals surface area contributed by atoms with Crippen molar-refractivity contribution < 1.29 is 17.7 Å². The molecular weight excluding hydrogens is 413 g/mol. The number of nitrogens with zero attached hydrogens (tertiary/aromatic N) is 4. The molecule has 5 nitrogen and oxygen atoms in total. The quantitative estimate of drug-likeness (QED) is 0.568. The number of hydrogen-bond donors (Lipinski definition) is 0. The molecule has 0 N–H and O–H groups in total. The molecular formula is C18H16ClF3N4OS. The summed E-state index contributed by atoms with van der Waals surface area (Å²) < 4.78 is 44.0. The van der Waals surface area contributed by atoms with Crippen molar-refractivity contribution in [2.24, 2.45) is 0 Å². The highest BCUT2D eigenvalue weighted by Gasteiger charge is 2.32. The van der Waals surface area contributed by atoms with Gasteiger partial charge in [-0.1, -0.05) is 16.8 Å². The molecule has 148 valence electrons. The van der Waals surface area contributed by atoms with E-state index >= 15 is 0 Å². The number of alkyl halides is 3. The molecule has 3 aromatic heterocycles. The molecule has 0 atom stereocenters. The minimum Gasteiger partial charge on any atom is -0.339 e. The average Bonchev–Trinajstić information content (AvgIpc) is 3.31. The van der Waals surface area contributed by atoms with Gasteiger partial charge in [0.2, 0.25) is 11.7 Å². The second-order valence-corrected chi connectivity index (χ2v) is 8.44. The molecule has 4 rings (SSSR count). The standard InChI is InChI=1S/C18H16ClF3N4OS/c19-15-4-2-13(28-15)10-26-7-5-11(6-8-26)17-24-16(25-27-17)12-1-3-14(23-9-12)18(20,21)22/h1-4,9,11H,5-8,10H2. The van der Waals surface area contributed by atoms with Crippen LogP contribution in [-0.4, -0.2) is 33.1 Å². The molecule has 0 radical (unpaired) electrons. The number of likely N-dealkylation sites (tertiary alicyclic amines) is 1. The van der Waals surface area contributed by atoms with Gasteiger partial charge in [-0.05, 0) is 50.2 Å². The summed E-state index contributed by atoms with van der Waals surface area (Å²) in [6.07, 6.45) is -1.59. The summed E-state index contributed by atoms with van der Waals surface area (Å²) in [5, 5.41) is 3.91. The van der Waals surface area contributed by atoms with E-state index < -0.39 is 11.9 Å². The van der Waals surface area contributed by atoms with Gasteiger partial charge in [0.05, 0.1) is 4.34 Å². The van der Waals surface area contributed by atoms with E-state index in [2.05, 4.69) is 20.0 Å². The first-order chi connectivity index (χ1) is 13.4. The van der Waals surface area contributed by atoms with E-state index in [-0.39, 0.29) is 11.7 Å². The minimum absolute atomic E-state index is 0.145. The lowest BCUT2D eigenvalue weighted by Gasteiger charge is -2.29. The third-order valence-electron chi connectivity index (χ3n) is 4.70. The highest BCUT2D eigenvalue weighted by molar-refractivity contribution is 7.16. The predicted octanol–water partition coefficient (Wildman–Crippen LogP) is 5.24. The Morgan fingerprint density at radius 2 is 1.96 bits per heavy atom. The maximum atomic E-state index is 12.6. The fourth-order valence-electron chi connectivity index (χ4n) is 3.21. The molecule has 1 saturated heterocycles. The molecule has 1 aliphatic heterocycles. The molecule has 0 bridgehead atoms. The third kappa shape index (κ3) is 4.37. The summed E-state index contributed by atoms with van der Waals surface area (Å²) >= 11 is 7.57. The first-order valence-electron chi connectivity index (χ1n) is 8.72. The van der Waals surface area contributed by atoms with E-state index in [0.29, 0.717) is 11.5 Å². The highest BCUT2D eigenvalue weighted by Crippen LogP contribution is 2.31. The van der Waals surface area contributed by atoms with Gasteiger partial charge in [-0.25, -0.2) is 0 Å². The molecule has 28 heavy (non-hydrogen) atoms. The van der Waals surface area contributed by atoms with Crippen LogP contribution in [0.3, 0.4) is 0 Å². The van der Waals surface area contributed by atoms with Crippen molar-refractivity contribution in [2.45, 2.75) is 31.5 Å². The highest BCUT2D eigenvalue weighted by atomic mass is 35.5. The zero-order valence-corrected chi connectivity index (χ0v) is 16.2. The smallest absolute Gasteiger partial charge is 0.339 e. The molecule has 1 fully saturated rings. The van der Waals surface area contributed by atoms with Gasteiger partial charge in [0.15, 0.2) is 0 Å². The van der Waals surface area contributed by atoms with Crippen LogP contribution in [0.1, 0.15) is 35.2 Å². The van der Waals surface area contributed by atoms with Gasteiger partial charge in [-0.2, -0.15) is 18.2 Å². The summed E-state index contributed by atoms with van der Waals surface area (Å²) in [6.45, 7) is 2.68. The number of rotatable bonds is 4. The number of thiophene rings is 1. The Morgan fingerprint density at radius 3 is 2.57 bits per heavy atom. The van der Waals surface area contributed by atoms with Gasteiger partial charge in [-0.3, -0.25) is 9.88 Å². The van der Waals surface area contributed by atoms with Gasteiger partial charge in [0, 0.05) is 29.1 Å². The van der Waals surface area contributed by atoms with Crippen LogP contribution >= 0.6 is 22.9 Å². The van der Waals surface area contributed by atoms with Crippen LogP contribution in [0, 0.1) is 0 Å². The van der Waals surface area contributed by atoms with Crippen LogP contribution in [0.25, 0.3) is 11.4 Å². The molecule has 4 heterocycles. The topological polar surface area (TPSA) is 55.1 Å². The molecule has 0 saturated carbocycles. The van der Waals surface area contributed by atoms with Crippen LogP contribution in [0.15, 0.2) is 35.0 Å². The van der Waals surface area contributed by atoms with Crippen molar-refractivity contribution in [3.05, 3.63) is 51.3 Å². The fourth-order valence-corrected chi connectivity index (χ4v) is 4.34. The summed E-state index contributed by atoms with van der Waals surface area (Å²) in [5.41, 5.74) is -0.547. The number of piperidine rings is 1. The SMILES string of the molecule is FC(F)(F)c1ccc(-c2noc(C3CCN(Cc4ccc(Cl)s4)CC3)n2)cn1. The van der Waals surface area contributed by atoms with E-state index in [4.69, 9.17) is 16.1 Å². The van der Waals surface area contributed by atoms with Gasteiger partial charge in [0.25, 0.3) is 0 Å². The first-order valence-corrected chi connectivity index (χ1v) is 9.92. The summed E-state index contributed by atoms with van der Waals surface area (Å²) in [4.78, 5) is 11.4. The second kappa shape index (κ2) is 7.81.